The van der Waals surface area contributed by atoms with E-state index >= 15 is 0 Å². The van der Waals surface area contributed by atoms with Gasteiger partial charge in [0.1, 0.15) is 0 Å². The van der Waals surface area contributed by atoms with Gasteiger partial charge in [0.15, 0.2) is 0 Å². The number of carbonyl (C=O) groups is 1. The summed E-state index contributed by atoms with van der Waals surface area (Å²) in [6, 6.07) is 6.85. The Morgan fingerprint density at radius 2 is 1.64 bits per heavy atom. The molecule has 0 saturated carbocycles. The van der Waals surface area contributed by atoms with Crippen LogP contribution in [0.5, 0.6) is 0 Å². The minimum Gasteiger partial charge on any atom is -0.339 e. The Morgan fingerprint density at radius 1 is 1.09 bits per heavy atom. The molecule has 0 spiro atoms. The van der Waals surface area contributed by atoms with Crippen molar-refractivity contribution in [3.05, 3.63) is 29.8 Å². The summed E-state index contributed by atoms with van der Waals surface area (Å²) in [5.74, 6) is 0.0378. The van der Waals surface area contributed by atoms with E-state index in [1.807, 2.05) is 4.90 Å². The van der Waals surface area contributed by atoms with Crippen LogP contribution in [0.3, 0.4) is 0 Å². The highest BCUT2D eigenvalue weighted by Gasteiger charge is 2.19. The highest BCUT2D eigenvalue weighted by Crippen LogP contribution is 2.20. The first-order chi connectivity index (χ1) is 10.4. The van der Waals surface area contributed by atoms with Gasteiger partial charge in [-0.25, -0.2) is 8.42 Å². The van der Waals surface area contributed by atoms with Gasteiger partial charge in [-0.15, -0.1) is 0 Å². The van der Waals surface area contributed by atoms with Gasteiger partial charge in [0, 0.05) is 25.2 Å². The molecule has 0 bridgehead atoms. The van der Waals surface area contributed by atoms with E-state index in [0.717, 1.165) is 25.9 Å². The average Bonchev–Trinajstić information content (AvgIpc) is 2.75. The Bertz CT molecular complexity index is 603. The fraction of sp³-hybridized carbons (Fsp3) is 0.562. The van der Waals surface area contributed by atoms with E-state index in [4.69, 9.17) is 0 Å². The molecule has 22 heavy (non-hydrogen) atoms. The van der Waals surface area contributed by atoms with Gasteiger partial charge in [-0.1, -0.05) is 12.8 Å². The van der Waals surface area contributed by atoms with Crippen molar-refractivity contribution in [3.8, 4) is 0 Å². The molecule has 0 aromatic heterocycles. The third-order valence-electron chi connectivity index (χ3n) is 3.98. The van der Waals surface area contributed by atoms with E-state index in [1.165, 1.54) is 23.4 Å². The zero-order valence-corrected chi connectivity index (χ0v) is 14.1. The lowest BCUT2D eigenvalue weighted by Gasteiger charge is -2.22. The number of hydrogen-bond donors (Lipinski definition) is 0. The molecule has 5 nitrogen and oxygen atoms in total. The zero-order valence-electron chi connectivity index (χ0n) is 13.3. The number of sulfonamides is 1. The third-order valence-corrected chi connectivity index (χ3v) is 5.25. The predicted molar refractivity (Wildman–Crippen MR) is 88.7 cm³/mol. The fourth-order valence-electron chi connectivity index (χ4n) is 2.84. The largest absolute Gasteiger partial charge is 0.339 e. The highest BCUT2D eigenvalue weighted by atomic mass is 32.2. The van der Waals surface area contributed by atoms with Crippen LogP contribution in [0, 0.1) is 0 Å². The van der Waals surface area contributed by atoms with Crippen LogP contribution in [-0.2, 0) is 10.0 Å². The molecule has 1 aliphatic heterocycles. The van der Waals surface area contributed by atoms with E-state index in [0.29, 0.717) is 17.8 Å². The zero-order chi connectivity index (χ0) is 16.2. The van der Waals surface area contributed by atoms with E-state index in [9.17, 15) is 13.2 Å². The maximum atomic E-state index is 12.5. The molecule has 0 aliphatic carbocycles. The summed E-state index contributed by atoms with van der Waals surface area (Å²) >= 11 is 0. The number of amides is 1. The number of carbonyl (C=O) groups excluding carboxylic acids is 1. The van der Waals surface area contributed by atoms with Crippen molar-refractivity contribution in [2.75, 3.05) is 30.2 Å². The van der Waals surface area contributed by atoms with Gasteiger partial charge >= 0.3 is 0 Å². The summed E-state index contributed by atoms with van der Waals surface area (Å²) in [6.45, 7) is 3.78. The van der Waals surface area contributed by atoms with Crippen LogP contribution in [0.15, 0.2) is 24.3 Å². The van der Waals surface area contributed by atoms with Gasteiger partial charge in [-0.3, -0.25) is 9.10 Å². The molecule has 1 aromatic carbocycles. The van der Waals surface area contributed by atoms with Crippen molar-refractivity contribution in [1.29, 1.82) is 0 Å². The smallest absolute Gasteiger partial charge is 0.253 e. The standard InChI is InChI=1S/C16H24N2O3S/c1-3-18(22(2,20)21)15-10-8-14(9-11-15)16(19)17-12-6-4-5-7-13-17/h8-11H,3-7,12-13H2,1-2H3. The average molecular weight is 324 g/mol. The lowest BCUT2D eigenvalue weighted by Crippen LogP contribution is -2.32. The number of rotatable bonds is 4. The summed E-state index contributed by atoms with van der Waals surface area (Å²) in [5, 5.41) is 0. The fourth-order valence-corrected chi connectivity index (χ4v) is 3.81. The monoisotopic (exact) mass is 324 g/mol. The molecule has 1 aliphatic rings. The van der Waals surface area contributed by atoms with Gasteiger partial charge in [-0.05, 0) is 44.0 Å². The molecular formula is C16H24N2O3S. The first kappa shape index (κ1) is 16.8. The van der Waals surface area contributed by atoms with E-state index in [1.54, 1.807) is 31.2 Å². The molecule has 0 unspecified atom stereocenters. The van der Waals surface area contributed by atoms with E-state index < -0.39 is 10.0 Å². The highest BCUT2D eigenvalue weighted by molar-refractivity contribution is 7.92. The van der Waals surface area contributed by atoms with Crippen LogP contribution < -0.4 is 4.31 Å². The summed E-state index contributed by atoms with van der Waals surface area (Å²) in [7, 11) is -3.29. The van der Waals surface area contributed by atoms with Crippen LogP contribution in [0.25, 0.3) is 0 Å². The Balaban J connectivity index is 2.15. The predicted octanol–water partition coefficient (Wildman–Crippen LogP) is 2.49. The minimum absolute atomic E-state index is 0.0378. The normalized spacial score (nSPS) is 16.2. The summed E-state index contributed by atoms with van der Waals surface area (Å²) in [4.78, 5) is 14.4. The quantitative estimate of drug-likeness (QED) is 0.855. The number of likely N-dealkylation sites (tertiary alicyclic amines) is 1. The number of hydrogen-bond acceptors (Lipinski definition) is 3. The van der Waals surface area contributed by atoms with Crippen molar-refractivity contribution in [2.24, 2.45) is 0 Å². The maximum Gasteiger partial charge on any atom is 0.253 e. The van der Waals surface area contributed by atoms with Gasteiger partial charge in [0.05, 0.1) is 11.9 Å². The van der Waals surface area contributed by atoms with Crippen LogP contribution in [-0.4, -0.2) is 45.1 Å². The molecular weight excluding hydrogens is 300 g/mol. The molecule has 1 amide bonds. The lowest BCUT2D eigenvalue weighted by molar-refractivity contribution is 0.0761. The molecule has 0 N–H and O–H groups in total. The van der Waals surface area contributed by atoms with Crippen LogP contribution in [0.2, 0.25) is 0 Å². The number of anilines is 1. The molecule has 0 radical (unpaired) electrons. The molecule has 6 heteroatoms. The Hall–Kier alpha value is -1.56. The number of nitrogens with zero attached hydrogens (tertiary/aromatic N) is 2. The van der Waals surface area contributed by atoms with Gasteiger partial charge in [-0.2, -0.15) is 0 Å². The molecule has 1 heterocycles. The van der Waals surface area contributed by atoms with Crippen molar-refractivity contribution in [2.45, 2.75) is 32.6 Å². The lowest BCUT2D eigenvalue weighted by atomic mass is 10.1. The van der Waals surface area contributed by atoms with Crippen molar-refractivity contribution >= 4 is 21.6 Å². The van der Waals surface area contributed by atoms with Gasteiger partial charge < -0.3 is 4.90 Å². The first-order valence-corrected chi connectivity index (χ1v) is 9.65. The Kier molecular flexibility index (Phi) is 5.45. The van der Waals surface area contributed by atoms with Gasteiger partial charge in [0.25, 0.3) is 5.91 Å². The van der Waals surface area contributed by atoms with Crippen molar-refractivity contribution < 1.29 is 13.2 Å². The molecule has 1 saturated heterocycles. The summed E-state index contributed by atoms with van der Waals surface area (Å²) < 4.78 is 24.8. The Morgan fingerprint density at radius 3 is 2.09 bits per heavy atom. The number of benzene rings is 1. The minimum atomic E-state index is -3.29. The third kappa shape index (κ3) is 4.00. The second-order valence-corrected chi connectivity index (χ2v) is 7.59. The van der Waals surface area contributed by atoms with Crippen LogP contribution >= 0.6 is 0 Å². The maximum absolute atomic E-state index is 12.5. The Labute approximate surface area is 133 Å². The second kappa shape index (κ2) is 7.13. The van der Waals surface area contributed by atoms with Gasteiger partial charge in [0.2, 0.25) is 10.0 Å². The molecule has 1 aromatic rings. The van der Waals surface area contributed by atoms with Crippen molar-refractivity contribution in [3.63, 3.8) is 0 Å². The van der Waals surface area contributed by atoms with Crippen LogP contribution in [0.1, 0.15) is 43.0 Å². The topological polar surface area (TPSA) is 57.7 Å². The molecule has 1 fully saturated rings. The first-order valence-electron chi connectivity index (χ1n) is 7.80. The van der Waals surface area contributed by atoms with Crippen molar-refractivity contribution in [1.82, 2.24) is 4.90 Å². The van der Waals surface area contributed by atoms with Crippen LogP contribution in [0.4, 0.5) is 5.69 Å². The molecule has 2 rings (SSSR count). The van der Waals surface area contributed by atoms with E-state index in [-0.39, 0.29) is 5.91 Å². The molecule has 122 valence electrons. The summed E-state index contributed by atoms with van der Waals surface area (Å²) in [5.41, 5.74) is 1.22. The second-order valence-electron chi connectivity index (χ2n) is 5.68. The SMILES string of the molecule is CCN(c1ccc(C(=O)N2CCCCCC2)cc1)S(C)(=O)=O. The molecule has 0 atom stereocenters. The summed E-state index contributed by atoms with van der Waals surface area (Å²) in [6.07, 6.45) is 5.67. The van der Waals surface area contributed by atoms with E-state index in [2.05, 4.69) is 0 Å².